The van der Waals surface area contributed by atoms with Gasteiger partial charge in [-0.25, -0.2) is 0 Å². The summed E-state index contributed by atoms with van der Waals surface area (Å²) in [7, 11) is 0. The number of anilines is 1. The largest absolute Gasteiger partial charge is 0.484 e. The van der Waals surface area contributed by atoms with Gasteiger partial charge in [0.2, 0.25) is 0 Å². The molecule has 0 saturated heterocycles. The predicted molar refractivity (Wildman–Crippen MR) is 96.1 cm³/mol. The first-order valence-electron chi connectivity index (χ1n) is 6.59. The summed E-state index contributed by atoms with van der Waals surface area (Å²) < 4.78 is 6.61. The van der Waals surface area contributed by atoms with Crippen molar-refractivity contribution < 1.29 is 9.53 Å². The molecular weight excluding hydrogens is 397 g/mol. The Morgan fingerprint density at radius 2 is 1.90 bits per heavy atom. The van der Waals surface area contributed by atoms with Crippen molar-refractivity contribution in [3.05, 3.63) is 52.1 Å². The Morgan fingerprint density at radius 1 is 1.19 bits per heavy atom. The van der Waals surface area contributed by atoms with E-state index in [4.69, 9.17) is 4.74 Å². The molecule has 0 atom stereocenters. The molecule has 5 heteroatoms. The summed E-state index contributed by atoms with van der Waals surface area (Å²) >= 11 is 3.93. The molecule has 2 aromatic carbocycles. The fourth-order valence-electron chi connectivity index (χ4n) is 1.72. The highest BCUT2D eigenvalue weighted by Gasteiger charge is 2.07. The molecule has 0 unspecified atom stereocenters. The van der Waals surface area contributed by atoms with Gasteiger partial charge in [-0.2, -0.15) is 0 Å². The van der Waals surface area contributed by atoms with Crippen LogP contribution in [0.1, 0.15) is 6.92 Å². The molecule has 110 valence electrons. The van der Waals surface area contributed by atoms with E-state index in [1.54, 1.807) is 11.8 Å². The molecule has 21 heavy (non-hydrogen) atoms. The van der Waals surface area contributed by atoms with Crippen LogP contribution in [0.2, 0.25) is 0 Å². The third-order valence-electron chi connectivity index (χ3n) is 2.64. The first-order valence-corrected chi connectivity index (χ1v) is 8.65. The van der Waals surface area contributed by atoms with Crippen molar-refractivity contribution in [3.8, 4) is 5.75 Å². The molecule has 2 aromatic rings. The first kappa shape index (κ1) is 16.2. The second-order valence-corrected chi connectivity index (χ2v) is 6.77. The van der Waals surface area contributed by atoms with Gasteiger partial charge in [-0.05, 0) is 64.7 Å². The van der Waals surface area contributed by atoms with Crippen LogP contribution in [-0.2, 0) is 4.79 Å². The molecule has 0 aliphatic heterocycles. The minimum atomic E-state index is -0.155. The van der Waals surface area contributed by atoms with Crippen molar-refractivity contribution in [1.29, 1.82) is 0 Å². The summed E-state index contributed by atoms with van der Waals surface area (Å²) in [4.78, 5) is 13.0. The highest BCUT2D eigenvalue weighted by atomic mass is 127. The summed E-state index contributed by atoms with van der Waals surface area (Å²) in [6, 6.07) is 15.4. The number of nitrogens with one attached hydrogen (secondary N) is 1. The fraction of sp³-hybridized carbons (Fsp3) is 0.188. The van der Waals surface area contributed by atoms with Gasteiger partial charge in [-0.15, -0.1) is 11.8 Å². The van der Waals surface area contributed by atoms with Gasteiger partial charge in [0, 0.05) is 8.47 Å². The van der Waals surface area contributed by atoms with Gasteiger partial charge in [-0.3, -0.25) is 4.79 Å². The number of benzene rings is 2. The van der Waals surface area contributed by atoms with Gasteiger partial charge < -0.3 is 10.1 Å². The average Bonchev–Trinajstić information content (AvgIpc) is 2.49. The number of carbonyl (C=O) groups excluding carboxylic acids is 1. The maximum absolute atomic E-state index is 12.0. The number of amides is 1. The fourth-order valence-corrected chi connectivity index (χ4v) is 2.84. The van der Waals surface area contributed by atoms with E-state index in [1.165, 1.54) is 0 Å². The highest BCUT2D eigenvalue weighted by Crippen LogP contribution is 2.26. The lowest BCUT2D eigenvalue weighted by Gasteiger charge is -2.10. The second-order valence-electron chi connectivity index (χ2n) is 4.22. The highest BCUT2D eigenvalue weighted by molar-refractivity contribution is 14.1. The summed E-state index contributed by atoms with van der Waals surface area (Å²) in [6.45, 7) is 2.09. The third kappa shape index (κ3) is 5.24. The number of ether oxygens (including phenoxy) is 1. The van der Waals surface area contributed by atoms with E-state index in [0.29, 0.717) is 5.75 Å². The molecule has 0 heterocycles. The molecule has 0 aromatic heterocycles. The third-order valence-corrected chi connectivity index (χ3v) is 4.32. The molecule has 0 aliphatic carbocycles. The van der Waals surface area contributed by atoms with E-state index < -0.39 is 0 Å². The van der Waals surface area contributed by atoms with Gasteiger partial charge >= 0.3 is 0 Å². The Hall–Kier alpha value is -1.21. The van der Waals surface area contributed by atoms with E-state index in [1.807, 2.05) is 48.5 Å². The molecule has 2 rings (SSSR count). The second kappa shape index (κ2) is 8.29. The van der Waals surface area contributed by atoms with Crippen molar-refractivity contribution in [1.82, 2.24) is 0 Å². The van der Waals surface area contributed by atoms with Crippen molar-refractivity contribution in [2.75, 3.05) is 17.7 Å². The Morgan fingerprint density at radius 3 is 2.62 bits per heavy atom. The zero-order valence-corrected chi connectivity index (χ0v) is 14.6. The first-order chi connectivity index (χ1) is 10.2. The maximum Gasteiger partial charge on any atom is 0.262 e. The van der Waals surface area contributed by atoms with Gasteiger partial charge in [-0.1, -0.05) is 19.1 Å². The van der Waals surface area contributed by atoms with Crippen LogP contribution < -0.4 is 10.1 Å². The summed E-state index contributed by atoms with van der Waals surface area (Å²) in [6.07, 6.45) is 0. The minimum absolute atomic E-state index is 0.00567. The van der Waals surface area contributed by atoms with E-state index in [-0.39, 0.29) is 12.5 Å². The Labute approximate surface area is 142 Å². The van der Waals surface area contributed by atoms with Crippen molar-refractivity contribution in [2.45, 2.75) is 11.8 Å². The van der Waals surface area contributed by atoms with Crippen molar-refractivity contribution in [2.24, 2.45) is 0 Å². The zero-order chi connectivity index (χ0) is 15.1. The molecule has 0 fully saturated rings. The van der Waals surface area contributed by atoms with Crippen LogP contribution in [0, 0.1) is 3.57 Å². The minimum Gasteiger partial charge on any atom is -0.484 e. The Balaban J connectivity index is 1.91. The number of thioether (sulfide) groups is 1. The lowest BCUT2D eigenvalue weighted by atomic mass is 10.3. The molecule has 0 spiro atoms. The van der Waals surface area contributed by atoms with Crippen molar-refractivity contribution in [3.63, 3.8) is 0 Å². The van der Waals surface area contributed by atoms with Crippen LogP contribution in [0.5, 0.6) is 5.75 Å². The molecule has 0 aliphatic rings. The lowest BCUT2D eigenvalue weighted by molar-refractivity contribution is -0.118. The van der Waals surface area contributed by atoms with Crippen LogP contribution in [0.3, 0.4) is 0 Å². The topological polar surface area (TPSA) is 38.3 Å². The summed E-state index contributed by atoms with van der Waals surface area (Å²) in [5.41, 5.74) is 0.834. The predicted octanol–water partition coefficient (Wildman–Crippen LogP) is 4.42. The van der Waals surface area contributed by atoms with Crippen LogP contribution in [0.4, 0.5) is 5.69 Å². The normalized spacial score (nSPS) is 10.2. The molecular formula is C16H16INO2S. The number of carbonyl (C=O) groups is 1. The smallest absolute Gasteiger partial charge is 0.262 e. The maximum atomic E-state index is 12.0. The molecule has 0 radical (unpaired) electrons. The van der Waals surface area contributed by atoms with Gasteiger partial charge in [0.05, 0.1) is 5.69 Å². The SMILES string of the molecule is CCSc1ccccc1NC(=O)COc1ccc(I)cc1. The summed E-state index contributed by atoms with van der Waals surface area (Å²) in [5.74, 6) is 1.51. The average molecular weight is 413 g/mol. The van der Waals surface area contributed by atoms with E-state index in [9.17, 15) is 4.79 Å². The van der Waals surface area contributed by atoms with Gasteiger partial charge in [0.15, 0.2) is 6.61 Å². The molecule has 3 nitrogen and oxygen atoms in total. The molecule has 0 saturated carbocycles. The quantitative estimate of drug-likeness (QED) is 0.563. The van der Waals surface area contributed by atoms with E-state index >= 15 is 0 Å². The Kier molecular flexibility index (Phi) is 6.38. The Bertz CT molecular complexity index is 601. The lowest BCUT2D eigenvalue weighted by Crippen LogP contribution is -2.20. The van der Waals surface area contributed by atoms with Gasteiger partial charge in [0.1, 0.15) is 5.75 Å². The van der Waals surface area contributed by atoms with Crippen LogP contribution in [0.15, 0.2) is 53.4 Å². The monoisotopic (exact) mass is 413 g/mol. The molecule has 1 amide bonds. The number of hydrogen-bond acceptors (Lipinski definition) is 3. The number of rotatable bonds is 6. The van der Waals surface area contributed by atoms with E-state index in [0.717, 1.165) is 19.9 Å². The summed E-state index contributed by atoms with van der Waals surface area (Å²) in [5, 5.41) is 2.89. The number of para-hydroxylation sites is 1. The van der Waals surface area contributed by atoms with Crippen LogP contribution in [0.25, 0.3) is 0 Å². The van der Waals surface area contributed by atoms with Crippen LogP contribution in [-0.4, -0.2) is 18.3 Å². The van der Waals surface area contributed by atoms with Gasteiger partial charge in [0.25, 0.3) is 5.91 Å². The van der Waals surface area contributed by atoms with E-state index in [2.05, 4.69) is 34.8 Å². The standard InChI is InChI=1S/C16H16INO2S/c1-2-21-15-6-4-3-5-14(15)18-16(19)11-20-13-9-7-12(17)8-10-13/h3-10H,2,11H2,1H3,(H,18,19). The number of halogens is 1. The zero-order valence-electron chi connectivity index (χ0n) is 11.6. The molecule has 0 bridgehead atoms. The number of hydrogen-bond donors (Lipinski definition) is 1. The van der Waals surface area contributed by atoms with Crippen LogP contribution >= 0.6 is 34.4 Å². The van der Waals surface area contributed by atoms with Crippen molar-refractivity contribution >= 4 is 45.9 Å². The molecule has 1 N–H and O–H groups in total.